The number of nitrogens with zero attached hydrogens (tertiary/aromatic N) is 1. The van der Waals surface area contributed by atoms with Crippen molar-refractivity contribution in [2.45, 2.75) is 33.6 Å². The fourth-order valence-corrected chi connectivity index (χ4v) is 2.99. The van der Waals surface area contributed by atoms with Gasteiger partial charge >= 0.3 is 0 Å². The molecule has 0 saturated heterocycles. The number of pyridine rings is 1. The highest BCUT2D eigenvalue weighted by Gasteiger charge is 2.15. The molecular formula is C20H23N3O4. The van der Waals surface area contributed by atoms with E-state index in [1.807, 2.05) is 13.0 Å². The molecule has 1 aromatic heterocycles. The second-order valence-corrected chi connectivity index (χ2v) is 6.24. The van der Waals surface area contributed by atoms with Crippen molar-refractivity contribution in [2.24, 2.45) is 0 Å². The third kappa shape index (κ3) is 4.29. The van der Waals surface area contributed by atoms with Gasteiger partial charge in [-0.25, -0.2) is 0 Å². The highest BCUT2D eigenvalue weighted by molar-refractivity contribution is 5.92. The number of ether oxygens (including phenoxy) is 2. The van der Waals surface area contributed by atoms with Gasteiger partial charge in [0.25, 0.3) is 5.56 Å². The van der Waals surface area contributed by atoms with Gasteiger partial charge in [0.05, 0.1) is 14.2 Å². The third-order valence-corrected chi connectivity index (χ3v) is 4.53. The van der Waals surface area contributed by atoms with Crippen LogP contribution in [0, 0.1) is 32.1 Å². The summed E-state index contributed by atoms with van der Waals surface area (Å²) in [6.45, 7) is 5.36. The lowest BCUT2D eigenvalue weighted by molar-refractivity contribution is -0.116. The largest absolute Gasteiger partial charge is 0.493 e. The standard InChI is InChI=1S/C20H23N3O4/c1-11-8-17(26-4)18(27-5)9-16(11)23-19(24)7-6-14-12(2)15(10-21)20(25)22-13(14)3/h8-9H,6-7H2,1-5H3,(H,22,25)(H,23,24). The van der Waals surface area contributed by atoms with Crippen molar-refractivity contribution < 1.29 is 14.3 Å². The van der Waals surface area contributed by atoms with Crippen molar-refractivity contribution in [2.75, 3.05) is 19.5 Å². The maximum atomic E-state index is 12.4. The predicted octanol–water partition coefficient (Wildman–Crippen LogP) is 2.76. The zero-order valence-electron chi connectivity index (χ0n) is 16.1. The van der Waals surface area contributed by atoms with Crippen LogP contribution in [0.25, 0.3) is 0 Å². The molecule has 0 bridgehead atoms. The van der Waals surface area contributed by atoms with E-state index in [4.69, 9.17) is 14.7 Å². The van der Waals surface area contributed by atoms with Crippen LogP contribution in [0.15, 0.2) is 16.9 Å². The van der Waals surface area contributed by atoms with E-state index in [0.717, 1.165) is 11.1 Å². The molecular weight excluding hydrogens is 346 g/mol. The van der Waals surface area contributed by atoms with Gasteiger partial charge in [-0.15, -0.1) is 0 Å². The number of benzene rings is 1. The van der Waals surface area contributed by atoms with Crippen molar-refractivity contribution in [1.82, 2.24) is 4.98 Å². The minimum atomic E-state index is -0.401. The Bertz CT molecular complexity index is 971. The maximum absolute atomic E-state index is 12.4. The highest BCUT2D eigenvalue weighted by Crippen LogP contribution is 2.33. The van der Waals surface area contributed by atoms with Crippen molar-refractivity contribution >= 4 is 11.6 Å². The van der Waals surface area contributed by atoms with Crippen LogP contribution in [-0.2, 0) is 11.2 Å². The Morgan fingerprint density at radius 1 is 1.19 bits per heavy atom. The van der Waals surface area contributed by atoms with Gasteiger partial charge in [-0.3, -0.25) is 9.59 Å². The molecule has 0 atom stereocenters. The molecule has 0 radical (unpaired) electrons. The Hall–Kier alpha value is -3.27. The van der Waals surface area contributed by atoms with Crippen molar-refractivity contribution in [3.63, 3.8) is 0 Å². The Morgan fingerprint density at radius 2 is 1.81 bits per heavy atom. The van der Waals surface area contributed by atoms with Gasteiger partial charge in [0, 0.05) is 23.9 Å². The molecule has 1 amide bonds. The number of aromatic nitrogens is 1. The molecule has 0 spiro atoms. The third-order valence-electron chi connectivity index (χ3n) is 4.53. The van der Waals surface area contributed by atoms with Gasteiger partial charge in [-0.05, 0) is 49.9 Å². The van der Waals surface area contributed by atoms with E-state index in [9.17, 15) is 9.59 Å². The van der Waals surface area contributed by atoms with Gasteiger partial charge in [0.1, 0.15) is 11.6 Å². The molecule has 27 heavy (non-hydrogen) atoms. The molecule has 2 aromatic rings. The van der Waals surface area contributed by atoms with Crippen LogP contribution in [0.1, 0.15) is 34.4 Å². The molecule has 0 saturated carbocycles. The highest BCUT2D eigenvalue weighted by atomic mass is 16.5. The van der Waals surface area contributed by atoms with E-state index in [0.29, 0.717) is 34.9 Å². The Morgan fingerprint density at radius 3 is 2.41 bits per heavy atom. The van der Waals surface area contributed by atoms with Gasteiger partial charge in [-0.1, -0.05) is 0 Å². The number of nitriles is 1. The minimum absolute atomic E-state index is 0.0896. The first kappa shape index (κ1) is 20.0. The normalized spacial score (nSPS) is 10.2. The molecule has 7 heteroatoms. The van der Waals surface area contributed by atoms with Crippen LogP contribution in [-0.4, -0.2) is 25.1 Å². The number of methoxy groups -OCH3 is 2. The van der Waals surface area contributed by atoms with Crippen LogP contribution in [0.3, 0.4) is 0 Å². The van der Waals surface area contributed by atoms with E-state index >= 15 is 0 Å². The number of aromatic amines is 1. The molecule has 0 fully saturated rings. The first-order valence-corrected chi connectivity index (χ1v) is 8.47. The maximum Gasteiger partial charge on any atom is 0.266 e. The first-order chi connectivity index (χ1) is 12.8. The van der Waals surface area contributed by atoms with Gasteiger partial charge < -0.3 is 19.8 Å². The van der Waals surface area contributed by atoms with Crippen LogP contribution >= 0.6 is 0 Å². The fraction of sp³-hybridized carbons (Fsp3) is 0.350. The van der Waals surface area contributed by atoms with Gasteiger partial charge in [-0.2, -0.15) is 5.26 Å². The number of carbonyl (C=O) groups is 1. The molecule has 0 aliphatic carbocycles. The zero-order valence-corrected chi connectivity index (χ0v) is 16.1. The Balaban J connectivity index is 2.17. The Kier molecular flexibility index (Phi) is 6.24. The summed E-state index contributed by atoms with van der Waals surface area (Å²) in [7, 11) is 3.09. The molecule has 0 aliphatic heterocycles. The summed E-state index contributed by atoms with van der Waals surface area (Å²) >= 11 is 0. The molecule has 2 N–H and O–H groups in total. The summed E-state index contributed by atoms with van der Waals surface area (Å²) in [5, 5.41) is 12.0. The Labute approximate surface area is 157 Å². The molecule has 0 unspecified atom stereocenters. The smallest absolute Gasteiger partial charge is 0.266 e. The van der Waals surface area contributed by atoms with Gasteiger partial charge in [0.2, 0.25) is 5.91 Å². The van der Waals surface area contributed by atoms with Crippen LogP contribution in [0.4, 0.5) is 5.69 Å². The number of aryl methyl sites for hydroxylation is 2. The van der Waals surface area contributed by atoms with E-state index < -0.39 is 5.56 Å². The summed E-state index contributed by atoms with van der Waals surface area (Å²) in [6.07, 6.45) is 0.633. The fourth-order valence-electron chi connectivity index (χ4n) is 2.99. The number of H-pyrrole nitrogens is 1. The molecule has 1 aromatic carbocycles. The van der Waals surface area contributed by atoms with Crippen molar-refractivity contribution in [3.05, 3.63) is 50.4 Å². The number of anilines is 1. The second-order valence-electron chi connectivity index (χ2n) is 6.24. The number of nitrogens with one attached hydrogen (secondary N) is 2. The lowest BCUT2D eigenvalue weighted by Gasteiger charge is -2.14. The number of carbonyl (C=O) groups excluding carboxylic acids is 1. The van der Waals surface area contributed by atoms with Crippen LogP contribution in [0.2, 0.25) is 0 Å². The summed E-state index contributed by atoms with van der Waals surface area (Å²) in [5.74, 6) is 0.953. The predicted molar refractivity (Wildman–Crippen MR) is 102 cm³/mol. The molecule has 142 valence electrons. The summed E-state index contributed by atoms with van der Waals surface area (Å²) < 4.78 is 10.5. The van der Waals surface area contributed by atoms with Crippen LogP contribution in [0.5, 0.6) is 11.5 Å². The summed E-state index contributed by atoms with van der Waals surface area (Å²) in [4.78, 5) is 26.9. The van der Waals surface area contributed by atoms with E-state index in [1.54, 1.807) is 33.1 Å². The van der Waals surface area contributed by atoms with E-state index in [-0.39, 0.29) is 17.9 Å². The summed E-state index contributed by atoms with van der Waals surface area (Å²) in [6, 6.07) is 5.43. The zero-order chi connectivity index (χ0) is 20.1. The van der Waals surface area contributed by atoms with Crippen molar-refractivity contribution in [3.8, 4) is 17.6 Å². The number of hydrogen-bond donors (Lipinski definition) is 2. The first-order valence-electron chi connectivity index (χ1n) is 8.47. The summed E-state index contributed by atoms with van der Waals surface area (Å²) in [5.41, 5.74) is 3.29. The lowest BCUT2D eigenvalue weighted by atomic mass is 9.99. The molecule has 0 aliphatic rings. The van der Waals surface area contributed by atoms with Crippen molar-refractivity contribution in [1.29, 1.82) is 5.26 Å². The molecule has 7 nitrogen and oxygen atoms in total. The van der Waals surface area contributed by atoms with Crippen LogP contribution < -0.4 is 20.3 Å². The molecule has 2 rings (SSSR count). The monoisotopic (exact) mass is 369 g/mol. The average molecular weight is 369 g/mol. The quantitative estimate of drug-likeness (QED) is 0.815. The SMILES string of the molecule is COc1cc(C)c(NC(=O)CCc2c(C)[nH]c(=O)c(C#N)c2C)cc1OC. The minimum Gasteiger partial charge on any atom is -0.493 e. The number of hydrogen-bond acceptors (Lipinski definition) is 5. The second kappa shape index (κ2) is 8.41. The topological polar surface area (TPSA) is 104 Å². The number of amides is 1. The van der Waals surface area contributed by atoms with E-state index in [2.05, 4.69) is 10.3 Å². The lowest BCUT2D eigenvalue weighted by Crippen LogP contribution is -2.18. The van der Waals surface area contributed by atoms with Gasteiger partial charge in [0.15, 0.2) is 11.5 Å². The van der Waals surface area contributed by atoms with E-state index in [1.165, 1.54) is 7.11 Å². The average Bonchev–Trinajstić information content (AvgIpc) is 2.62. The number of rotatable bonds is 6. The molecule has 1 heterocycles.